The van der Waals surface area contributed by atoms with Crippen LogP contribution in [0.5, 0.6) is 0 Å². The number of hydrogen-bond acceptors (Lipinski definition) is 3. The minimum Gasteiger partial charge on any atom is -0.447 e. The maximum Gasteiger partial charge on any atom is 0.415 e. The molecule has 0 saturated carbocycles. The van der Waals surface area contributed by atoms with Crippen LogP contribution in [0.4, 0.5) is 19.3 Å². The molecule has 2 aromatic carbocycles. The highest BCUT2D eigenvalue weighted by Gasteiger charge is 2.37. The van der Waals surface area contributed by atoms with Gasteiger partial charge in [0.2, 0.25) is 0 Å². The Labute approximate surface area is 125 Å². The fraction of sp³-hybridized carbons (Fsp3) is 0.125. The van der Waals surface area contributed by atoms with E-state index in [-0.39, 0.29) is 12.3 Å². The van der Waals surface area contributed by atoms with Crippen LogP contribution in [-0.2, 0) is 4.74 Å². The topological polar surface area (TPSA) is 53.3 Å². The molecule has 0 aliphatic carbocycles. The molecule has 1 aliphatic heterocycles. The number of cyclic esters (lactones) is 1. The van der Waals surface area contributed by atoms with Crippen molar-refractivity contribution in [1.82, 2.24) is 0 Å². The van der Waals surface area contributed by atoms with E-state index in [1.807, 2.05) is 6.07 Å². The molecule has 1 heterocycles. The average molecular weight is 300 g/mol. The number of benzene rings is 2. The minimum atomic E-state index is -0.884. The Kier molecular flexibility index (Phi) is 3.47. The van der Waals surface area contributed by atoms with E-state index in [0.717, 1.165) is 22.6 Å². The van der Waals surface area contributed by atoms with Gasteiger partial charge in [0.15, 0.2) is 0 Å². The summed E-state index contributed by atoms with van der Waals surface area (Å²) in [7, 11) is 0. The molecule has 1 fully saturated rings. The molecule has 1 unspecified atom stereocenters. The van der Waals surface area contributed by atoms with Crippen molar-refractivity contribution in [3.63, 3.8) is 0 Å². The second kappa shape index (κ2) is 5.45. The molecule has 1 atom stereocenters. The van der Waals surface area contributed by atoms with E-state index in [1.165, 1.54) is 0 Å². The predicted molar refractivity (Wildman–Crippen MR) is 74.1 cm³/mol. The fourth-order valence-electron chi connectivity index (χ4n) is 2.41. The molecule has 0 N–H and O–H groups in total. The Morgan fingerprint density at radius 3 is 2.59 bits per heavy atom. The zero-order valence-electron chi connectivity index (χ0n) is 11.3. The summed E-state index contributed by atoms with van der Waals surface area (Å²) in [6, 6.07) is 11.6. The van der Waals surface area contributed by atoms with Gasteiger partial charge in [-0.15, -0.1) is 0 Å². The van der Waals surface area contributed by atoms with E-state index >= 15 is 0 Å². The lowest BCUT2D eigenvalue weighted by Gasteiger charge is -2.22. The molecule has 3 rings (SSSR count). The van der Waals surface area contributed by atoms with Gasteiger partial charge in [-0.2, -0.15) is 5.26 Å². The lowest BCUT2D eigenvalue weighted by atomic mass is 10.1. The van der Waals surface area contributed by atoms with E-state index in [4.69, 9.17) is 10.00 Å². The largest absolute Gasteiger partial charge is 0.447 e. The number of hydrogen-bond donors (Lipinski definition) is 0. The first-order chi connectivity index (χ1) is 10.6. The van der Waals surface area contributed by atoms with E-state index < -0.39 is 29.3 Å². The Balaban J connectivity index is 2.07. The van der Waals surface area contributed by atoms with Crippen molar-refractivity contribution in [2.24, 2.45) is 0 Å². The quantitative estimate of drug-likeness (QED) is 0.852. The van der Waals surface area contributed by atoms with Crippen LogP contribution in [0, 0.1) is 23.0 Å². The van der Waals surface area contributed by atoms with Crippen LogP contribution >= 0.6 is 0 Å². The number of carbonyl (C=O) groups is 1. The van der Waals surface area contributed by atoms with Gasteiger partial charge < -0.3 is 4.74 Å². The smallest absolute Gasteiger partial charge is 0.415 e. The predicted octanol–water partition coefficient (Wildman–Crippen LogP) is 3.53. The molecule has 2 aromatic rings. The molecule has 1 aliphatic rings. The molecule has 110 valence electrons. The van der Waals surface area contributed by atoms with Gasteiger partial charge >= 0.3 is 6.09 Å². The van der Waals surface area contributed by atoms with Crippen LogP contribution in [-0.4, -0.2) is 12.7 Å². The molecule has 1 saturated heterocycles. The Morgan fingerprint density at radius 1 is 1.18 bits per heavy atom. The lowest BCUT2D eigenvalue weighted by Crippen LogP contribution is -2.28. The standard InChI is InChI=1S/C16H10F2N2O2/c17-12-7-14(13(18)6-11(12)8-19)20-15(9-22-16(20)21)10-4-2-1-3-5-10/h1-7,15H,9H2. The number of amides is 1. The van der Waals surface area contributed by atoms with Crippen LogP contribution in [0.2, 0.25) is 0 Å². The van der Waals surface area contributed by atoms with Crippen molar-refractivity contribution in [3.8, 4) is 6.07 Å². The zero-order chi connectivity index (χ0) is 15.7. The van der Waals surface area contributed by atoms with Crippen LogP contribution in [0.3, 0.4) is 0 Å². The number of nitrogens with zero attached hydrogens (tertiary/aromatic N) is 2. The number of carbonyl (C=O) groups excluding carboxylic acids is 1. The minimum absolute atomic E-state index is 0.0455. The third-order valence-electron chi connectivity index (χ3n) is 3.47. The first-order valence-electron chi connectivity index (χ1n) is 6.52. The summed E-state index contributed by atoms with van der Waals surface area (Å²) < 4.78 is 32.9. The first kappa shape index (κ1) is 14.0. The molecule has 0 radical (unpaired) electrons. The Hall–Kier alpha value is -2.94. The van der Waals surface area contributed by atoms with Gasteiger partial charge in [0.05, 0.1) is 17.3 Å². The van der Waals surface area contributed by atoms with Crippen molar-refractivity contribution in [2.45, 2.75) is 6.04 Å². The van der Waals surface area contributed by atoms with Crippen LogP contribution < -0.4 is 4.90 Å². The van der Waals surface area contributed by atoms with Crippen molar-refractivity contribution < 1.29 is 18.3 Å². The van der Waals surface area contributed by atoms with Crippen molar-refractivity contribution in [1.29, 1.82) is 5.26 Å². The van der Waals surface area contributed by atoms with E-state index in [9.17, 15) is 13.6 Å². The number of halogens is 2. The number of rotatable bonds is 2. The van der Waals surface area contributed by atoms with Crippen molar-refractivity contribution in [3.05, 3.63) is 65.2 Å². The molecular formula is C16H10F2N2O2. The van der Waals surface area contributed by atoms with Gasteiger partial charge in [-0.25, -0.2) is 13.6 Å². The molecule has 1 amide bonds. The molecule has 6 heteroatoms. The van der Waals surface area contributed by atoms with Gasteiger partial charge in [0.1, 0.15) is 24.3 Å². The van der Waals surface area contributed by atoms with Crippen LogP contribution in [0.1, 0.15) is 17.2 Å². The van der Waals surface area contributed by atoms with Crippen molar-refractivity contribution in [2.75, 3.05) is 11.5 Å². The highest BCUT2D eigenvalue weighted by molar-refractivity contribution is 5.90. The number of anilines is 1. The Bertz CT molecular complexity index is 772. The van der Waals surface area contributed by atoms with Gasteiger partial charge in [0.25, 0.3) is 0 Å². The summed E-state index contributed by atoms with van der Waals surface area (Å²) in [4.78, 5) is 13.0. The van der Waals surface area contributed by atoms with Gasteiger partial charge in [-0.05, 0) is 11.6 Å². The second-order valence-corrected chi connectivity index (χ2v) is 4.77. The monoisotopic (exact) mass is 300 g/mol. The maximum atomic E-state index is 14.2. The Morgan fingerprint density at radius 2 is 1.91 bits per heavy atom. The highest BCUT2D eigenvalue weighted by Crippen LogP contribution is 2.35. The summed E-state index contributed by atoms with van der Waals surface area (Å²) in [6.07, 6.45) is -0.753. The van der Waals surface area contributed by atoms with Crippen molar-refractivity contribution >= 4 is 11.8 Å². The maximum absolute atomic E-state index is 14.2. The first-order valence-corrected chi connectivity index (χ1v) is 6.52. The fourth-order valence-corrected chi connectivity index (χ4v) is 2.41. The molecule has 0 spiro atoms. The van der Waals surface area contributed by atoms with Crippen LogP contribution in [0.15, 0.2) is 42.5 Å². The SMILES string of the molecule is N#Cc1cc(F)c(N2C(=O)OCC2c2ccccc2)cc1F. The third kappa shape index (κ3) is 2.27. The summed E-state index contributed by atoms with van der Waals surface area (Å²) >= 11 is 0. The molecule has 0 aromatic heterocycles. The zero-order valence-corrected chi connectivity index (χ0v) is 11.3. The van der Waals surface area contributed by atoms with E-state index in [2.05, 4.69) is 0 Å². The van der Waals surface area contributed by atoms with Gasteiger partial charge in [-0.3, -0.25) is 4.90 Å². The van der Waals surface area contributed by atoms with E-state index in [0.29, 0.717) is 0 Å². The molecule has 22 heavy (non-hydrogen) atoms. The summed E-state index contributed by atoms with van der Waals surface area (Å²) in [5.41, 5.74) is 0.0930. The number of ether oxygens (including phenoxy) is 1. The molecule has 4 nitrogen and oxygen atoms in total. The second-order valence-electron chi connectivity index (χ2n) is 4.77. The normalized spacial score (nSPS) is 17.2. The number of nitriles is 1. The molecular weight excluding hydrogens is 290 g/mol. The summed E-state index contributed by atoms with van der Waals surface area (Å²) in [5.74, 6) is -1.73. The average Bonchev–Trinajstić information content (AvgIpc) is 2.91. The van der Waals surface area contributed by atoms with Crippen LogP contribution in [0.25, 0.3) is 0 Å². The van der Waals surface area contributed by atoms with Gasteiger partial charge in [-0.1, -0.05) is 30.3 Å². The van der Waals surface area contributed by atoms with Gasteiger partial charge in [0, 0.05) is 6.07 Å². The highest BCUT2D eigenvalue weighted by atomic mass is 19.1. The lowest BCUT2D eigenvalue weighted by molar-refractivity contribution is 0.179. The summed E-state index contributed by atoms with van der Waals surface area (Å²) in [5, 5.41) is 8.72. The summed E-state index contributed by atoms with van der Waals surface area (Å²) in [6.45, 7) is 0.0455. The molecule has 0 bridgehead atoms. The third-order valence-corrected chi connectivity index (χ3v) is 3.47. The van der Waals surface area contributed by atoms with E-state index in [1.54, 1.807) is 30.3 Å².